The van der Waals surface area contributed by atoms with Crippen LogP contribution in [0.15, 0.2) is 65.5 Å². The van der Waals surface area contributed by atoms with E-state index < -0.39 is 0 Å². The van der Waals surface area contributed by atoms with Crippen molar-refractivity contribution in [3.63, 3.8) is 0 Å². The average Bonchev–Trinajstić information content (AvgIpc) is 3.39. The Balaban J connectivity index is 1.45. The number of hydrogen-bond donors (Lipinski definition) is 1. The quantitative estimate of drug-likeness (QED) is 0.345. The molecule has 1 atom stereocenters. The van der Waals surface area contributed by atoms with Crippen LogP contribution in [0.3, 0.4) is 0 Å². The molecule has 2 aromatic carbocycles. The molecule has 3 heterocycles. The van der Waals surface area contributed by atoms with Gasteiger partial charge in [-0.15, -0.1) is 0 Å². The Morgan fingerprint density at radius 2 is 1.79 bits per heavy atom. The maximum absolute atomic E-state index is 5.59. The van der Waals surface area contributed by atoms with Crippen LogP contribution < -0.4 is 5.32 Å². The molecule has 3 aromatic heterocycles. The summed E-state index contributed by atoms with van der Waals surface area (Å²) >= 11 is 0. The second-order valence-electron chi connectivity index (χ2n) is 8.66. The van der Waals surface area contributed by atoms with Crippen molar-refractivity contribution in [2.45, 2.75) is 33.7 Å². The molecular weight excluding hydrogens is 410 g/mol. The number of aromatic nitrogens is 4. The van der Waals surface area contributed by atoms with Crippen molar-refractivity contribution in [2.24, 2.45) is 7.05 Å². The monoisotopic (exact) mass is 437 g/mol. The lowest BCUT2D eigenvalue weighted by Crippen LogP contribution is -2.09. The maximum atomic E-state index is 5.59. The van der Waals surface area contributed by atoms with Crippen LogP contribution in [-0.4, -0.2) is 19.7 Å². The lowest BCUT2D eigenvalue weighted by atomic mass is 9.97. The van der Waals surface area contributed by atoms with Gasteiger partial charge in [0.1, 0.15) is 17.2 Å². The predicted octanol–water partition coefficient (Wildman–Crippen LogP) is 6.39. The normalized spacial score (nSPS) is 12.3. The first-order valence-corrected chi connectivity index (χ1v) is 11.1. The smallest absolute Gasteiger partial charge is 0.134 e. The summed E-state index contributed by atoms with van der Waals surface area (Å²) in [5.41, 5.74) is 8.66. The Kier molecular flexibility index (Phi) is 5.21. The summed E-state index contributed by atoms with van der Waals surface area (Å²) < 4.78 is 7.42. The van der Waals surface area contributed by atoms with E-state index in [0.717, 1.165) is 45.0 Å². The second kappa shape index (κ2) is 8.20. The minimum absolute atomic E-state index is 0.0711. The number of benzene rings is 2. The molecule has 0 aliphatic carbocycles. The molecule has 0 amide bonds. The van der Waals surface area contributed by atoms with E-state index in [-0.39, 0.29) is 6.04 Å². The van der Waals surface area contributed by atoms with Gasteiger partial charge in [0.05, 0.1) is 18.2 Å². The molecule has 0 saturated carbocycles. The summed E-state index contributed by atoms with van der Waals surface area (Å²) in [7, 11) is 1.94. The number of aryl methyl sites for hydroxylation is 4. The van der Waals surface area contributed by atoms with Crippen LogP contribution in [0.25, 0.3) is 33.4 Å². The maximum Gasteiger partial charge on any atom is 0.134 e. The van der Waals surface area contributed by atoms with E-state index in [9.17, 15) is 0 Å². The van der Waals surface area contributed by atoms with Crippen molar-refractivity contribution in [3.05, 3.63) is 83.6 Å². The van der Waals surface area contributed by atoms with E-state index in [2.05, 4.69) is 65.4 Å². The largest absolute Gasteiger partial charge is 0.464 e. The average molecular weight is 438 g/mol. The molecule has 33 heavy (non-hydrogen) atoms. The molecule has 5 aromatic rings. The first-order chi connectivity index (χ1) is 15.9. The number of fused-ring (bicyclic) bond motifs is 1. The third-order valence-electron chi connectivity index (χ3n) is 6.04. The molecule has 1 unspecified atom stereocenters. The molecule has 0 radical (unpaired) electrons. The molecule has 6 heteroatoms. The fourth-order valence-corrected chi connectivity index (χ4v) is 4.19. The molecule has 6 nitrogen and oxygen atoms in total. The number of anilines is 1. The molecule has 5 rings (SSSR count). The van der Waals surface area contributed by atoms with Crippen LogP contribution in [0.5, 0.6) is 0 Å². The molecule has 0 bridgehead atoms. The highest BCUT2D eigenvalue weighted by Gasteiger charge is 2.13. The van der Waals surface area contributed by atoms with Crippen molar-refractivity contribution in [1.29, 1.82) is 0 Å². The van der Waals surface area contributed by atoms with Crippen LogP contribution >= 0.6 is 0 Å². The van der Waals surface area contributed by atoms with Crippen molar-refractivity contribution < 1.29 is 4.42 Å². The molecule has 0 saturated heterocycles. The topological polar surface area (TPSA) is 68.8 Å². The minimum atomic E-state index is 0.0711. The van der Waals surface area contributed by atoms with Gasteiger partial charge in [0, 0.05) is 41.9 Å². The van der Waals surface area contributed by atoms with Gasteiger partial charge in [-0.3, -0.25) is 4.68 Å². The zero-order valence-corrected chi connectivity index (χ0v) is 19.5. The van der Waals surface area contributed by atoms with E-state index in [0.29, 0.717) is 0 Å². The van der Waals surface area contributed by atoms with Crippen LogP contribution in [0.4, 0.5) is 5.82 Å². The molecule has 0 fully saturated rings. The zero-order chi connectivity index (χ0) is 23.1. The van der Waals surface area contributed by atoms with Gasteiger partial charge in [0.15, 0.2) is 0 Å². The third kappa shape index (κ3) is 4.12. The fourth-order valence-electron chi connectivity index (χ4n) is 4.19. The molecule has 0 spiro atoms. The summed E-state index contributed by atoms with van der Waals surface area (Å²) in [6, 6.07) is 14.8. The zero-order valence-electron chi connectivity index (χ0n) is 19.5. The first kappa shape index (κ1) is 20.9. The molecule has 166 valence electrons. The Hall–Kier alpha value is -3.93. The van der Waals surface area contributed by atoms with E-state index >= 15 is 0 Å². The summed E-state index contributed by atoms with van der Waals surface area (Å²) in [6.45, 7) is 8.25. The standard InChI is InChI=1S/C27H27N5O/c1-16-6-7-20(10-23(16)22-13-28-32(5)14-22)18(3)29-27-12-25(30-19(4)31-27)21-8-9-26-24(11-21)17(2)15-33-26/h6-15,18H,1-5H3,(H,29,30,31). The fraction of sp³-hybridized carbons (Fsp3) is 0.222. The van der Waals surface area contributed by atoms with Gasteiger partial charge in [-0.2, -0.15) is 5.10 Å². The van der Waals surface area contributed by atoms with Crippen molar-refractivity contribution in [2.75, 3.05) is 5.32 Å². The van der Waals surface area contributed by atoms with E-state index in [4.69, 9.17) is 4.42 Å². The van der Waals surface area contributed by atoms with Gasteiger partial charge >= 0.3 is 0 Å². The highest BCUT2D eigenvalue weighted by atomic mass is 16.3. The SMILES string of the molecule is Cc1nc(NC(C)c2ccc(C)c(-c3cnn(C)c3)c2)cc(-c2ccc3occ(C)c3c2)n1. The van der Waals surface area contributed by atoms with Crippen LogP contribution in [0.2, 0.25) is 0 Å². The summed E-state index contributed by atoms with van der Waals surface area (Å²) in [5.74, 6) is 1.53. The minimum Gasteiger partial charge on any atom is -0.464 e. The highest BCUT2D eigenvalue weighted by Crippen LogP contribution is 2.30. The predicted molar refractivity (Wildman–Crippen MR) is 132 cm³/mol. The Morgan fingerprint density at radius 1 is 0.939 bits per heavy atom. The highest BCUT2D eigenvalue weighted by molar-refractivity contribution is 5.85. The van der Waals surface area contributed by atoms with E-state index in [1.807, 2.05) is 49.2 Å². The third-order valence-corrected chi connectivity index (χ3v) is 6.04. The van der Waals surface area contributed by atoms with Gasteiger partial charge < -0.3 is 9.73 Å². The summed E-state index contributed by atoms with van der Waals surface area (Å²) in [6.07, 6.45) is 5.74. The van der Waals surface area contributed by atoms with E-state index in [1.54, 1.807) is 6.26 Å². The number of rotatable bonds is 5. The van der Waals surface area contributed by atoms with Crippen molar-refractivity contribution in [1.82, 2.24) is 19.7 Å². The van der Waals surface area contributed by atoms with E-state index in [1.165, 1.54) is 16.7 Å². The van der Waals surface area contributed by atoms with Gasteiger partial charge in [-0.1, -0.05) is 12.1 Å². The number of nitrogens with zero attached hydrogens (tertiary/aromatic N) is 4. The molecule has 0 aliphatic heterocycles. The van der Waals surface area contributed by atoms with Crippen LogP contribution in [-0.2, 0) is 7.05 Å². The summed E-state index contributed by atoms with van der Waals surface area (Å²) in [4.78, 5) is 9.32. The van der Waals surface area contributed by atoms with Gasteiger partial charge in [-0.25, -0.2) is 9.97 Å². The van der Waals surface area contributed by atoms with Crippen LogP contribution in [0, 0.1) is 20.8 Å². The molecule has 0 aliphatic rings. The molecule has 1 N–H and O–H groups in total. The second-order valence-corrected chi connectivity index (χ2v) is 8.66. The number of nitrogens with one attached hydrogen (secondary N) is 1. The first-order valence-electron chi connectivity index (χ1n) is 11.1. The van der Waals surface area contributed by atoms with Crippen molar-refractivity contribution >= 4 is 16.8 Å². The number of hydrogen-bond acceptors (Lipinski definition) is 5. The lowest BCUT2D eigenvalue weighted by Gasteiger charge is -2.18. The molecular formula is C27H27N5O. The number of furan rings is 1. The van der Waals surface area contributed by atoms with Gasteiger partial charge in [0.2, 0.25) is 0 Å². The Bertz CT molecular complexity index is 1460. The Labute approximate surface area is 193 Å². The van der Waals surface area contributed by atoms with Gasteiger partial charge in [-0.05, 0) is 74.2 Å². The van der Waals surface area contributed by atoms with Crippen molar-refractivity contribution in [3.8, 4) is 22.4 Å². The summed E-state index contributed by atoms with van der Waals surface area (Å²) in [5, 5.41) is 9.00. The Morgan fingerprint density at radius 3 is 2.58 bits per heavy atom. The lowest BCUT2D eigenvalue weighted by molar-refractivity contribution is 0.613. The van der Waals surface area contributed by atoms with Crippen LogP contribution in [0.1, 0.15) is 35.5 Å². The van der Waals surface area contributed by atoms with Gasteiger partial charge in [0.25, 0.3) is 0 Å².